The molecular weight excluding hydrogens is 190 g/mol. The van der Waals surface area contributed by atoms with Gasteiger partial charge in [0, 0.05) is 6.42 Å². The van der Waals surface area contributed by atoms with Crippen LogP contribution in [0.3, 0.4) is 0 Å². The lowest BCUT2D eigenvalue weighted by atomic mass is 10.2. The van der Waals surface area contributed by atoms with Crippen molar-refractivity contribution in [3.8, 4) is 0 Å². The third-order valence-corrected chi connectivity index (χ3v) is 2.48. The van der Waals surface area contributed by atoms with E-state index in [0.717, 1.165) is 24.0 Å². The molecule has 0 aliphatic carbocycles. The molecule has 1 rings (SSSR count). The van der Waals surface area contributed by atoms with E-state index in [1.807, 2.05) is 20.8 Å². The quantitative estimate of drug-likeness (QED) is 0.396. The predicted molar refractivity (Wildman–Crippen MR) is 60.4 cm³/mol. The number of carbonyl (C=O) groups excluding carboxylic acids is 1. The molecule has 0 spiro atoms. The van der Waals surface area contributed by atoms with Crippen molar-refractivity contribution in [3.05, 3.63) is 12.2 Å². The Balaban J connectivity index is 2.47. The van der Waals surface area contributed by atoms with E-state index in [9.17, 15) is 4.79 Å². The van der Waals surface area contributed by atoms with E-state index in [-0.39, 0.29) is 11.6 Å². The van der Waals surface area contributed by atoms with Gasteiger partial charge in [-0.3, -0.25) is 0 Å². The van der Waals surface area contributed by atoms with Crippen molar-refractivity contribution in [2.24, 2.45) is 0 Å². The van der Waals surface area contributed by atoms with E-state index in [4.69, 9.17) is 4.74 Å². The van der Waals surface area contributed by atoms with Crippen LogP contribution < -0.4 is 0 Å². The van der Waals surface area contributed by atoms with Crippen molar-refractivity contribution < 1.29 is 14.0 Å². The van der Waals surface area contributed by atoms with Gasteiger partial charge in [-0.15, -0.1) is 0 Å². The van der Waals surface area contributed by atoms with Crippen LogP contribution in [0.15, 0.2) is 12.2 Å². The maximum absolute atomic E-state index is 11.7. The van der Waals surface area contributed by atoms with E-state index in [1.54, 1.807) is 0 Å². The molecule has 1 unspecified atom stereocenters. The van der Waals surface area contributed by atoms with Gasteiger partial charge in [-0.25, -0.2) is 4.79 Å². The van der Waals surface area contributed by atoms with Gasteiger partial charge in [-0.1, -0.05) is 6.08 Å². The first-order chi connectivity index (χ1) is 6.81. The van der Waals surface area contributed by atoms with Crippen molar-refractivity contribution in [2.75, 3.05) is 26.7 Å². The summed E-state index contributed by atoms with van der Waals surface area (Å²) in [5, 5.41) is 0. The summed E-state index contributed by atoms with van der Waals surface area (Å²) < 4.78 is 6.10. The number of likely N-dealkylation sites (N-methyl/N-ethyl adjacent to an activating group) is 1. The van der Waals surface area contributed by atoms with Crippen molar-refractivity contribution in [1.29, 1.82) is 0 Å². The van der Waals surface area contributed by atoms with Gasteiger partial charge in [0.25, 0.3) is 0 Å². The Kier molecular flexibility index (Phi) is 3.55. The van der Waals surface area contributed by atoms with Crippen LogP contribution >= 0.6 is 0 Å². The average molecular weight is 212 g/mol. The number of carbonyl (C=O) groups is 1. The fourth-order valence-corrected chi connectivity index (χ4v) is 1.75. The Morgan fingerprint density at radius 3 is 2.53 bits per heavy atom. The monoisotopic (exact) mass is 212 g/mol. The molecule has 1 aliphatic heterocycles. The van der Waals surface area contributed by atoms with Crippen LogP contribution in [-0.4, -0.2) is 42.7 Å². The van der Waals surface area contributed by atoms with Crippen LogP contribution in [-0.2, 0) is 9.53 Å². The highest BCUT2D eigenvalue weighted by molar-refractivity contribution is 5.71. The highest BCUT2D eigenvalue weighted by atomic mass is 16.6. The van der Waals surface area contributed by atoms with Gasteiger partial charge in [0.2, 0.25) is 0 Å². The van der Waals surface area contributed by atoms with Crippen molar-refractivity contribution >= 4 is 5.97 Å². The maximum Gasteiger partial charge on any atom is 0.362 e. The summed E-state index contributed by atoms with van der Waals surface area (Å²) in [4.78, 5) is 11.7. The number of ether oxygens (including phenoxy) is 1. The van der Waals surface area contributed by atoms with E-state index in [2.05, 4.69) is 19.2 Å². The zero-order valence-corrected chi connectivity index (χ0v) is 10.2. The Bertz CT molecular complexity index is 265. The van der Waals surface area contributed by atoms with E-state index < -0.39 is 0 Å². The van der Waals surface area contributed by atoms with Gasteiger partial charge in [0.1, 0.15) is 5.60 Å². The predicted octanol–water partition coefficient (Wildman–Crippen LogP) is 1.73. The molecule has 1 aliphatic rings. The Morgan fingerprint density at radius 1 is 1.40 bits per heavy atom. The lowest BCUT2D eigenvalue weighted by molar-refractivity contribution is -0.898. The van der Waals surface area contributed by atoms with Gasteiger partial charge in [-0.05, 0) is 26.8 Å². The molecule has 0 aromatic heterocycles. The number of nitrogens with zero attached hydrogens (tertiary/aromatic N) is 1. The molecule has 0 saturated carbocycles. The van der Waals surface area contributed by atoms with Crippen LogP contribution in [0.5, 0.6) is 0 Å². The third kappa shape index (κ3) is 4.47. The first-order valence-electron chi connectivity index (χ1n) is 5.51. The standard InChI is InChI=1S/C12H22NO2/c1-12(2,3)15-11(14)10-13(4)8-6-5-7-9-13/h5-6H,7-10H2,1-4H3/q+1. The summed E-state index contributed by atoms with van der Waals surface area (Å²) in [6, 6.07) is 0. The Morgan fingerprint density at radius 2 is 2.07 bits per heavy atom. The fraction of sp³-hybridized carbons (Fsp3) is 0.750. The van der Waals surface area contributed by atoms with Crippen molar-refractivity contribution in [3.63, 3.8) is 0 Å². The summed E-state index contributed by atoms with van der Waals surface area (Å²) in [7, 11) is 2.10. The van der Waals surface area contributed by atoms with Gasteiger partial charge >= 0.3 is 5.97 Å². The zero-order valence-electron chi connectivity index (χ0n) is 10.2. The number of quaternary nitrogens is 1. The fourth-order valence-electron chi connectivity index (χ4n) is 1.75. The minimum Gasteiger partial charge on any atom is -0.456 e. The molecule has 15 heavy (non-hydrogen) atoms. The Labute approximate surface area is 92.3 Å². The molecule has 0 radical (unpaired) electrons. The zero-order chi connectivity index (χ0) is 11.5. The molecule has 0 fully saturated rings. The molecule has 0 amide bonds. The van der Waals surface area contributed by atoms with E-state index in [1.165, 1.54) is 0 Å². The highest BCUT2D eigenvalue weighted by Crippen LogP contribution is 2.13. The number of hydrogen-bond donors (Lipinski definition) is 0. The molecule has 86 valence electrons. The highest BCUT2D eigenvalue weighted by Gasteiger charge is 2.28. The summed E-state index contributed by atoms with van der Waals surface area (Å²) in [5.41, 5.74) is -0.373. The molecule has 0 bridgehead atoms. The second-order valence-corrected chi connectivity index (χ2v) is 5.53. The first kappa shape index (κ1) is 12.2. The van der Waals surface area contributed by atoms with E-state index >= 15 is 0 Å². The second kappa shape index (κ2) is 4.35. The molecule has 0 aromatic carbocycles. The molecule has 3 heteroatoms. The molecule has 1 heterocycles. The van der Waals surface area contributed by atoms with Crippen molar-refractivity contribution in [1.82, 2.24) is 0 Å². The minimum atomic E-state index is -0.373. The van der Waals surface area contributed by atoms with Crippen LogP contribution in [0.1, 0.15) is 27.2 Å². The van der Waals surface area contributed by atoms with E-state index in [0.29, 0.717) is 6.54 Å². The van der Waals surface area contributed by atoms with Crippen LogP contribution in [0.4, 0.5) is 0 Å². The lowest BCUT2D eigenvalue weighted by Gasteiger charge is -2.35. The molecule has 0 N–H and O–H groups in total. The third-order valence-electron chi connectivity index (χ3n) is 2.48. The largest absolute Gasteiger partial charge is 0.456 e. The smallest absolute Gasteiger partial charge is 0.362 e. The maximum atomic E-state index is 11.7. The SMILES string of the molecule is CC(C)(C)OC(=O)C[N+]1(C)CC=CCC1. The van der Waals surface area contributed by atoms with Gasteiger partial charge in [-0.2, -0.15) is 0 Å². The molecular formula is C12H22NO2+. The molecule has 3 nitrogen and oxygen atoms in total. The Hall–Kier alpha value is -0.830. The summed E-state index contributed by atoms with van der Waals surface area (Å²) in [6.45, 7) is 8.14. The van der Waals surface area contributed by atoms with Gasteiger partial charge < -0.3 is 9.22 Å². The number of hydrogen-bond acceptors (Lipinski definition) is 2. The lowest BCUT2D eigenvalue weighted by Crippen LogP contribution is -2.50. The summed E-state index contributed by atoms with van der Waals surface area (Å²) in [6.07, 6.45) is 5.38. The van der Waals surface area contributed by atoms with Crippen LogP contribution in [0.2, 0.25) is 0 Å². The number of rotatable bonds is 2. The first-order valence-corrected chi connectivity index (χ1v) is 5.51. The number of esters is 1. The van der Waals surface area contributed by atoms with Gasteiger partial charge in [0.15, 0.2) is 6.54 Å². The normalized spacial score (nSPS) is 26.4. The summed E-state index contributed by atoms with van der Waals surface area (Å²) in [5.74, 6) is -0.0969. The van der Waals surface area contributed by atoms with Gasteiger partial charge in [0.05, 0.1) is 20.1 Å². The minimum absolute atomic E-state index is 0.0969. The van der Waals surface area contributed by atoms with Crippen LogP contribution in [0.25, 0.3) is 0 Å². The molecule has 0 saturated heterocycles. The summed E-state index contributed by atoms with van der Waals surface area (Å²) >= 11 is 0. The topological polar surface area (TPSA) is 26.3 Å². The second-order valence-electron chi connectivity index (χ2n) is 5.53. The molecule has 1 atom stereocenters. The average Bonchev–Trinajstić information content (AvgIpc) is 1.99. The molecule has 0 aromatic rings. The van der Waals surface area contributed by atoms with Crippen molar-refractivity contribution in [2.45, 2.75) is 32.8 Å². The van der Waals surface area contributed by atoms with Crippen LogP contribution in [0, 0.1) is 0 Å².